The number of hydrogen-bond acceptors (Lipinski definition) is 4. The number of carbonyl (C=O) groups is 3. The van der Waals surface area contributed by atoms with Crippen LogP contribution in [0.5, 0.6) is 5.75 Å². The summed E-state index contributed by atoms with van der Waals surface area (Å²) in [6.45, 7) is 0. The van der Waals surface area contributed by atoms with Crippen molar-refractivity contribution in [3.05, 3.63) is 83.4 Å². The SMILES string of the molecule is COc1ccc(C(C(=O)Nc2ccc(S(C)(C)C)cc2)N(C)C(=O)c2ccc3c(c2)CCC(=O)N3)cc1. The molecule has 0 spiro atoms. The van der Waals surface area contributed by atoms with Crippen molar-refractivity contribution in [2.45, 2.75) is 23.8 Å². The Morgan fingerprint density at radius 1 is 0.973 bits per heavy atom. The average molecular weight is 520 g/mol. The van der Waals surface area contributed by atoms with E-state index in [4.69, 9.17) is 4.74 Å². The number of carbonyl (C=O) groups excluding carboxylic acids is 3. The van der Waals surface area contributed by atoms with E-state index in [0.717, 1.165) is 11.3 Å². The second-order valence-corrected chi connectivity index (χ2v) is 14.0. The van der Waals surface area contributed by atoms with Gasteiger partial charge in [-0.25, -0.2) is 10.0 Å². The number of likely N-dealkylation sites (N-methyl/N-ethyl adjacent to an activating group) is 1. The van der Waals surface area contributed by atoms with Crippen LogP contribution in [0.3, 0.4) is 0 Å². The Morgan fingerprint density at radius 2 is 1.65 bits per heavy atom. The van der Waals surface area contributed by atoms with E-state index in [-0.39, 0.29) is 17.7 Å². The van der Waals surface area contributed by atoms with E-state index in [2.05, 4.69) is 29.4 Å². The molecule has 0 bridgehead atoms. The van der Waals surface area contributed by atoms with Gasteiger partial charge in [-0.2, -0.15) is 0 Å². The quantitative estimate of drug-likeness (QED) is 0.456. The molecule has 1 aliphatic rings. The van der Waals surface area contributed by atoms with E-state index in [1.54, 1.807) is 56.6 Å². The predicted molar refractivity (Wildman–Crippen MR) is 150 cm³/mol. The van der Waals surface area contributed by atoms with Crippen LogP contribution >= 0.6 is 10.0 Å². The molecule has 1 heterocycles. The van der Waals surface area contributed by atoms with Gasteiger partial charge in [0.15, 0.2) is 0 Å². The minimum absolute atomic E-state index is 0.0307. The van der Waals surface area contributed by atoms with Gasteiger partial charge in [-0.1, -0.05) is 12.1 Å². The standard InChI is InChI=1S/C29H33N3O4S/c1-32(29(35)21-8-16-25-20(18-21)9-17-26(33)31-25)27(19-6-12-23(36-2)13-7-19)28(34)30-22-10-14-24(15-11-22)37(3,4)5/h6-8,10-16,18,27H,9,17H2,1-5H3,(H,30,34)(H,31,33). The lowest BCUT2D eigenvalue weighted by Crippen LogP contribution is -2.38. The third kappa shape index (κ3) is 5.97. The zero-order valence-corrected chi connectivity index (χ0v) is 22.6. The molecule has 7 nitrogen and oxygen atoms in total. The number of hydrogen-bond donors (Lipinski definition) is 2. The van der Waals surface area contributed by atoms with Crippen LogP contribution in [0, 0.1) is 0 Å². The van der Waals surface area contributed by atoms with Crippen molar-refractivity contribution in [3.8, 4) is 5.75 Å². The largest absolute Gasteiger partial charge is 0.497 e. The summed E-state index contributed by atoms with van der Waals surface area (Å²) in [5.41, 5.74) is 3.42. The van der Waals surface area contributed by atoms with Crippen molar-refractivity contribution < 1.29 is 19.1 Å². The first-order valence-corrected chi connectivity index (χ1v) is 14.9. The monoisotopic (exact) mass is 519 g/mol. The highest BCUT2D eigenvalue weighted by Crippen LogP contribution is 2.45. The van der Waals surface area contributed by atoms with Crippen LogP contribution in [0.2, 0.25) is 0 Å². The Balaban J connectivity index is 1.62. The molecule has 0 saturated carbocycles. The molecule has 0 aliphatic carbocycles. The van der Waals surface area contributed by atoms with Crippen LogP contribution in [-0.4, -0.2) is 55.5 Å². The van der Waals surface area contributed by atoms with Crippen LogP contribution in [-0.2, 0) is 16.0 Å². The third-order valence-corrected chi connectivity index (χ3v) is 8.15. The van der Waals surface area contributed by atoms with Crippen LogP contribution in [0.4, 0.5) is 11.4 Å². The number of nitrogens with one attached hydrogen (secondary N) is 2. The molecular weight excluding hydrogens is 486 g/mol. The molecule has 2 N–H and O–H groups in total. The van der Waals surface area contributed by atoms with Crippen molar-refractivity contribution in [3.63, 3.8) is 0 Å². The highest BCUT2D eigenvalue weighted by atomic mass is 32.3. The van der Waals surface area contributed by atoms with E-state index in [9.17, 15) is 14.4 Å². The fraction of sp³-hybridized carbons (Fsp3) is 0.276. The Hall–Kier alpha value is -3.78. The van der Waals surface area contributed by atoms with E-state index in [1.807, 2.05) is 24.3 Å². The Bertz CT molecular complexity index is 1310. The van der Waals surface area contributed by atoms with E-state index in [0.29, 0.717) is 35.4 Å². The number of ether oxygens (including phenoxy) is 1. The number of benzene rings is 3. The Kier molecular flexibility index (Phi) is 7.59. The summed E-state index contributed by atoms with van der Waals surface area (Å²) in [5, 5.41) is 5.82. The van der Waals surface area contributed by atoms with E-state index < -0.39 is 16.1 Å². The molecule has 0 saturated heterocycles. The van der Waals surface area contributed by atoms with Gasteiger partial charge < -0.3 is 20.3 Å². The smallest absolute Gasteiger partial charge is 0.254 e. The van der Waals surface area contributed by atoms with Gasteiger partial charge in [0.1, 0.15) is 11.8 Å². The zero-order chi connectivity index (χ0) is 26.7. The lowest BCUT2D eigenvalue weighted by molar-refractivity contribution is -0.120. The molecule has 4 rings (SSSR count). The fourth-order valence-electron chi connectivity index (χ4n) is 4.33. The highest BCUT2D eigenvalue weighted by Gasteiger charge is 2.30. The number of nitrogens with zero attached hydrogens (tertiary/aromatic N) is 1. The molecule has 0 radical (unpaired) electrons. The molecule has 0 fully saturated rings. The first-order valence-electron chi connectivity index (χ1n) is 12.0. The second-order valence-electron chi connectivity index (χ2n) is 9.86. The van der Waals surface area contributed by atoms with Gasteiger partial charge in [-0.05, 0) is 95.8 Å². The zero-order valence-electron chi connectivity index (χ0n) is 21.8. The number of methoxy groups -OCH3 is 1. The van der Waals surface area contributed by atoms with E-state index >= 15 is 0 Å². The van der Waals surface area contributed by atoms with Gasteiger partial charge in [0.05, 0.1) is 7.11 Å². The van der Waals surface area contributed by atoms with Crippen molar-refractivity contribution in [1.29, 1.82) is 0 Å². The molecule has 1 unspecified atom stereocenters. The summed E-state index contributed by atoms with van der Waals surface area (Å²) in [7, 11) is 2.33. The Morgan fingerprint density at radius 3 is 2.27 bits per heavy atom. The van der Waals surface area contributed by atoms with Gasteiger partial charge in [0, 0.05) is 30.4 Å². The molecule has 1 aliphatic heterocycles. The summed E-state index contributed by atoms with van der Waals surface area (Å²) in [4.78, 5) is 41.6. The molecule has 3 amide bonds. The van der Waals surface area contributed by atoms with E-state index in [1.165, 1.54) is 9.80 Å². The molecule has 3 aromatic rings. The number of aryl methyl sites for hydroxylation is 1. The maximum Gasteiger partial charge on any atom is 0.254 e. The summed E-state index contributed by atoms with van der Waals surface area (Å²) < 4.78 is 5.27. The minimum atomic E-state index is -0.880. The molecule has 3 aromatic carbocycles. The van der Waals surface area contributed by atoms with Crippen LogP contribution in [0.25, 0.3) is 0 Å². The predicted octanol–water partition coefficient (Wildman–Crippen LogP) is 5.08. The van der Waals surface area contributed by atoms with Crippen LogP contribution in [0.15, 0.2) is 71.6 Å². The van der Waals surface area contributed by atoms with Gasteiger partial charge in [0.25, 0.3) is 11.8 Å². The number of rotatable bonds is 7. The van der Waals surface area contributed by atoms with Crippen molar-refractivity contribution in [2.24, 2.45) is 0 Å². The molecule has 8 heteroatoms. The first-order chi connectivity index (χ1) is 17.6. The van der Waals surface area contributed by atoms with Gasteiger partial charge in [-0.3, -0.25) is 14.4 Å². The topological polar surface area (TPSA) is 87.7 Å². The second kappa shape index (κ2) is 10.7. The van der Waals surface area contributed by atoms with Crippen molar-refractivity contribution in [2.75, 3.05) is 43.6 Å². The molecule has 1 atom stereocenters. The maximum absolute atomic E-state index is 13.6. The van der Waals surface area contributed by atoms with Crippen molar-refractivity contribution >= 4 is 39.1 Å². The van der Waals surface area contributed by atoms with Gasteiger partial charge in [-0.15, -0.1) is 0 Å². The summed E-state index contributed by atoms with van der Waals surface area (Å²) in [6, 6.07) is 19.4. The fourth-order valence-corrected chi connectivity index (χ4v) is 5.28. The third-order valence-electron chi connectivity index (χ3n) is 6.46. The normalized spacial score (nSPS) is 14.1. The lowest BCUT2D eigenvalue weighted by Gasteiger charge is -2.29. The maximum atomic E-state index is 13.6. The van der Waals surface area contributed by atoms with Crippen LogP contribution in [0.1, 0.15) is 33.9 Å². The van der Waals surface area contributed by atoms with Crippen molar-refractivity contribution in [1.82, 2.24) is 4.90 Å². The molecule has 194 valence electrons. The number of anilines is 2. The number of amides is 3. The van der Waals surface area contributed by atoms with Gasteiger partial charge in [0.2, 0.25) is 5.91 Å². The summed E-state index contributed by atoms with van der Waals surface area (Å²) in [6.07, 6.45) is 7.61. The highest BCUT2D eigenvalue weighted by molar-refractivity contribution is 8.32. The number of fused-ring (bicyclic) bond motifs is 1. The first kappa shape index (κ1) is 26.3. The molecule has 0 aromatic heterocycles. The lowest BCUT2D eigenvalue weighted by atomic mass is 9.99. The summed E-state index contributed by atoms with van der Waals surface area (Å²) >= 11 is 0. The molecule has 37 heavy (non-hydrogen) atoms. The summed E-state index contributed by atoms with van der Waals surface area (Å²) in [5.74, 6) is 0.0233. The minimum Gasteiger partial charge on any atom is -0.497 e. The van der Waals surface area contributed by atoms with Gasteiger partial charge >= 0.3 is 0 Å². The average Bonchev–Trinajstić information content (AvgIpc) is 2.88. The Labute approximate surface area is 219 Å². The molecular formula is C29H33N3O4S. The van der Waals surface area contributed by atoms with Crippen LogP contribution < -0.4 is 15.4 Å².